The summed E-state index contributed by atoms with van der Waals surface area (Å²) in [5, 5.41) is 55.9. The molecule has 0 spiro atoms. The third-order valence-electron chi connectivity index (χ3n) is 6.73. The maximum Gasteiger partial charge on any atom is 0.453 e. The lowest BCUT2D eigenvalue weighted by atomic mass is 10.1. The maximum atomic E-state index is 15.6. The Hall–Kier alpha value is -3.25. The molecule has 42 heavy (non-hydrogen) atoms. The molecule has 1 unspecified atom stereocenters. The van der Waals surface area contributed by atoms with Crippen molar-refractivity contribution in [3.05, 3.63) is 41.2 Å². The highest BCUT2D eigenvalue weighted by molar-refractivity contribution is 7.15. The van der Waals surface area contributed by atoms with Crippen molar-refractivity contribution in [2.24, 2.45) is 0 Å². The van der Waals surface area contributed by atoms with E-state index in [1.165, 1.54) is 11.1 Å². The summed E-state index contributed by atoms with van der Waals surface area (Å²) in [7, 11) is 2.59. The van der Waals surface area contributed by atoms with Gasteiger partial charge in [-0.1, -0.05) is 0 Å². The molecule has 1 aromatic carbocycles. The normalized spacial score (nSPS) is 16.8. The Kier molecular flexibility index (Phi) is 7.99. The van der Waals surface area contributed by atoms with E-state index < -0.39 is 53.7 Å². The van der Waals surface area contributed by atoms with Crippen LogP contribution >= 0.6 is 9.39 Å². The number of pyridine rings is 1. The van der Waals surface area contributed by atoms with Gasteiger partial charge in [0.05, 0.1) is 25.4 Å². The molecular weight excluding hydrogens is 587 g/mol. The minimum atomic E-state index is -3.96. The Bertz CT molecular complexity index is 1480. The highest BCUT2D eigenvalue weighted by Gasteiger charge is 2.39. The third-order valence-corrected chi connectivity index (χ3v) is 7.31. The van der Waals surface area contributed by atoms with Gasteiger partial charge in [-0.15, -0.1) is 0 Å². The minimum Gasteiger partial charge on any atom is -0.413 e. The molecule has 0 radical (unpaired) electrons. The van der Waals surface area contributed by atoms with E-state index in [9.17, 15) is 35.4 Å². The van der Waals surface area contributed by atoms with Crippen LogP contribution in [-0.4, -0.2) is 96.1 Å². The van der Waals surface area contributed by atoms with Crippen molar-refractivity contribution in [1.82, 2.24) is 14.2 Å². The second kappa shape index (κ2) is 11.1. The molecule has 18 heteroatoms. The molecule has 1 fully saturated rings. The molecule has 4 heterocycles. The Balaban J connectivity index is 1.61. The van der Waals surface area contributed by atoms with Gasteiger partial charge in [0.1, 0.15) is 11.3 Å². The summed E-state index contributed by atoms with van der Waals surface area (Å²) in [4.78, 5) is 22.3. The number of aromatic nitrogens is 2. The summed E-state index contributed by atoms with van der Waals surface area (Å²) in [5.41, 5.74) is 1.08. The average molecular weight is 615 g/mol. The minimum absolute atomic E-state index is 0.0468. The molecule has 3 aromatic rings. The van der Waals surface area contributed by atoms with Gasteiger partial charge in [-0.2, -0.15) is 0 Å². The van der Waals surface area contributed by atoms with Gasteiger partial charge in [0, 0.05) is 55.1 Å². The molecule has 6 N–H and O–H groups in total. The molecule has 15 nitrogen and oxygen atoms in total. The second-order valence-electron chi connectivity index (χ2n) is 9.58. The highest BCUT2D eigenvalue weighted by Crippen LogP contribution is 2.44. The van der Waals surface area contributed by atoms with E-state index in [4.69, 9.17) is 4.74 Å². The zero-order valence-electron chi connectivity index (χ0n) is 22.1. The van der Waals surface area contributed by atoms with Crippen LogP contribution in [0.4, 0.5) is 25.0 Å². The topological polar surface area (TPSA) is 194 Å². The first-order valence-corrected chi connectivity index (χ1v) is 13.1. The summed E-state index contributed by atoms with van der Waals surface area (Å²) >= 11 is 0. The van der Waals surface area contributed by atoms with Crippen LogP contribution in [-0.2, 0) is 17.8 Å². The quantitative estimate of drug-likeness (QED) is 0.143. The lowest BCUT2D eigenvalue weighted by Gasteiger charge is -2.37. The number of ether oxygens (including phenoxy) is 3. The van der Waals surface area contributed by atoms with Crippen LogP contribution in [0, 0.1) is 11.6 Å². The first-order valence-electron chi connectivity index (χ1n) is 12.6. The number of anilines is 2. The van der Waals surface area contributed by atoms with Crippen LogP contribution < -0.4 is 19.3 Å². The number of benzene rings is 1. The Morgan fingerprint density at radius 1 is 1.00 bits per heavy atom. The first-order chi connectivity index (χ1) is 19.7. The van der Waals surface area contributed by atoms with Gasteiger partial charge in [0.15, 0.2) is 23.1 Å². The Labute approximate surface area is 238 Å². The number of rotatable bonds is 8. The van der Waals surface area contributed by atoms with Crippen LogP contribution in [0.3, 0.4) is 0 Å². The number of morpholine rings is 1. The molecule has 2 aliphatic rings. The van der Waals surface area contributed by atoms with Crippen molar-refractivity contribution in [2.75, 3.05) is 42.6 Å². The van der Waals surface area contributed by atoms with Crippen LogP contribution in [0.5, 0.6) is 11.5 Å². The van der Waals surface area contributed by atoms with Gasteiger partial charge in [0.2, 0.25) is 0 Å². The van der Waals surface area contributed by atoms with Gasteiger partial charge in [-0.3, -0.25) is 14.7 Å². The lowest BCUT2D eigenvalue weighted by Crippen LogP contribution is -2.48. The van der Waals surface area contributed by atoms with E-state index in [0.29, 0.717) is 46.9 Å². The monoisotopic (exact) mass is 615 g/mol. The van der Waals surface area contributed by atoms with E-state index in [0.717, 1.165) is 18.8 Å². The van der Waals surface area contributed by atoms with Gasteiger partial charge in [-0.25, -0.2) is 18.6 Å². The van der Waals surface area contributed by atoms with Gasteiger partial charge in [-0.05, 0) is 22.4 Å². The van der Waals surface area contributed by atoms with E-state index in [1.807, 2.05) is 10.4 Å². The van der Waals surface area contributed by atoms with Gasteiger partial charge < -0.3 is 49.2 Å². The van der Waals surface area contributed by atoms with Gasteiger partial charge >= 0.3 is 18.3 Å². The third kappa shape index (κ3) is 5.83. The summed E-state index contributed by atoms with van der Waals surface area (Å²) in [6.45, 7) is 4.52. The van der Waals surface area contributed by atoms with Crippen molar-refractivity contribution in [3.8, 4) is 11.5 Å². The van der Waals surface area contributed by atoms with Crippen LogP contribution in [0.25, 0.3) is 11.0 Å². The molecular formula is C24H28F2N5O10P. The molecule has 2 amide bonds. The predicted molar refractivity (Wildman–Crippen MR) is 142 cm³/mol. The number of carbonyl (C=O) groups excluding carboxylic acids is 1. The summed E-state index contributed by atoms with van der Waals surface area (Å²) in [6, 6.07) is 1.21. The number of halogens is 2. The van der Waals surface area contributed by atoms with Crippen molar-refractivity contribution in [1.29, 1.82) is 0 Å². The molecule has 1 saturated heterocycles. The lowest BCUT2D eigenvalue weighted by molar-refractivity contribution is -0.421. The van der Waals surface area contributed by atoms with Crippen LogP contribution in [0.1, 0.15) is 18.2 Å². The summed E-state index contributed by atoms with van der Waals surface area (Å²) in [6.07, 6.45) is -6.49. The number of amides is 2. The SMILES string of the molecule is CCN1C(=O)N(c2c(F)c(OC(O)(O)O)cc(OC(O)(O)O)c2F)Cc2cnc3c(cc(CN4CCOCC4)n3P)c21. The van der Waals surface area contributed by atoms with Gasteiger partial charge in [0.25, 0.3) is 0 Å². The highest BCUT2D eigenvalue weighted by atomic mass is 31.0. The van der Waals surface area contributed by atoms with Crippen molar-refractivity contribution >= 4 is 37.8 Å². The van der Waals surface area contributed by atoms with Crippen LogP contribution in [0.15, 0.2) is 18.3 Å². The molecule has 2 aromatic heterocycles. The van der Waals surface area contributed by atoms with Crippen molar-refractivity contribution in [2.45, 2.75) is 32.3 Å². The maximum absolute atomic E-state index is 15.6. The molecule has 5 rings (SSSR count). The zero-order valence-corrected chi connectivity index (χ0v) is 23.2. The second-order valence-corrected chi connectivity index (χ2v) is 10.1. The number of carbonyl (C=O) groups is 1. The van der Waals surface area contributed by atoms with E-state index in [-0.39, 0.29) is 12.6 Å². The number of urea groups is 1. The molecule has 0 bridgehead atoms. The Morgan fingerprint density at radius 2 is 1.60 bits per heavy atom. The standard InChI is InChI=1S/C24H28F2N5O10P/c1-2-29-19-12(9-27-21-14(19)7-13(31(21)42)11-28-3-5-39-6-4-28)10-30(22(29)32)20-17(25)15(40-23(33,34)35)8-16(18(20)26)41-24(36,37)38/h7-9,33-38H,2-6,10-11,42H2,1H3. The molecule has 2 aliphatic heterocycles. The Morgan fingerprint density at radius 3 is 2.14 bits per heavy atom. The first kappa shape index (κ1) is 30.2. The zero-order chi connectivity index (χ0) is 30.6. The largest absolute Gasteiger partial charge is 0.453 e. The molecule has 1 atom stereocenters. The molecule has 228 valence electrons. The number of fused-ring (bicyclic) bond motifs is 3. The van der Waals surface area contributed by atoms with Crippen LogP contribution in [0.2, 0.25) is 0 Å². The summed E-state index contributed by atoms with van der Waals surface area (Å²) in [5.74, 6) is -5.93. The average Bonchev–Trinajstić information content (AvgIpc) is 3.21. The predicted octanol–water partition coefficient (Wildman–Crippen LogP) is -0.315. The molecule has 0 aliphatic carbocycles. The fraction of sp³-hybridized carbons (Fsp3) is 0.417. The number of nitrogens with zero attached hydrogens (tertiary/aromatic N) is 5. The van der Waals surface area contributed by atoms with E-state index in [2.05, 4.69) is 28.7 Å². The van der Waals surface area contributed by atoms with E-state index in [1.54, 1.807) is 6.92 Å². The molecule has 0 saturated carbocycles. The van der Waals surface area contributed by atoms with Crippen molar-refractivity contribution < 1.29 is 58.4 Å². The number of aliphatic hydroxyl groups is 6. The van der Waals surface area contributed by atoms with E-state index >= 15 is 8.78 Å². The van der Waals surface area contributed by atoms with Crippen molar-refractivity contribution in [3.63, 3.8) is 0 Å². The smallest absolute Gasteiger partial charge is 0.413 e. The number of hydrogen-bond donors (Lipinski definition) is 6. The summed E-state index contributed by atoms with van der Waals surface area (Å²) < 4.78 is 47.0. The fourth-order valence-electron chi connectivity index (χ4n) is 4.99. The fourth-order valence-corrected chi connectivity index (χ4v) is 5.36. The number of hydrogen-bond acceptors (Lipinski definition) is 12.